The fraction of sp³-hybridized carbons (Fsp3) is 0.333. The van der Waals surface area contributed by atoms with Gasteiger partial charge < -0.3 is 14.6 Å². The molecule has 19 heavy (non-hydrogen) atoms. The first-order valence-corrected chi connectivity index (χ1v) is 6.83. The zero-order valence-electron chi connectivity index (χ0n) is 11.3. The number of nitrogens with one attached hydrogen (secondary N) is 1. The van der Waals surface area contributed by atoms with E-state index in [1.54, 1.807) is 7.11 Å². The minimum atomic E-state index is 0.622. The highest BCUT2D eigenvalue weighted by Crippen LogP contribution is 2.27. The van der Waals surface area contributed by atoms with E-state index in [4.69, 9.17) is 16.3 Å². The largest absolute Gasteiger partial charge is 0.495 e. The Morgan fingerprint density at radius 2 is 2.16 bits per heavy atom. The van der Waals surface area contributed by atoms with Gasteiger partial charge in [-0.15, -0.1) is 0 Å². The Bertz CT molecular complexity index is 537. The number of hydrogen-bond acceptors (Lipinski definition) is 2. The van der Waals surface area contributed by atoms with Crippen LogP contribution >= 0.6 is 11.6 Å². The van der Waals surface area contributed by atoms with Gasteiger partial charge in [-0.25, -0.2) is 0 Å². The molecule has 102 valence electrons. The monoisotopic (exact) mass is 278 g/mol. The van der Waals surface area contributed by atoms with Gasteiger partial charge in [0, 0.05) is 24.1 Å². The molecule has 3 nitrogen and oxygen atoms in total. The lowest BCUT2D eigenvalue weighted by Gasteiger charge is -2.11. The summed E-state index contributed by atoms with van der Waals surface area (Å²) in [5.74, 6) is 0.696. The van der Waals surface area contributed by atoms with Crippen molar-refractivity contribution in [2.24, 2.45) is 0 Å². The Hall–Kier alpha value is -1.61. The third kappa shape index (κ3) is 3.44. The normalized spacial score (nSPS) is 10.5. The molecule has 1 aromatic carbocycles. The number of ether oxygens (including phenoxy) is 1. The van der Waals surface area contributed by atoms with Gasteiger partial charge >= 0.3 is 0 Å². The number of anilines is 1. The van der Waals surface area contributed by atoms with Crippen molar-refractivity contribution < 1.29 is 4.74 Å². The highest BCUT2D eigenvalue weighted by atomic mass is 35.5. The maximum absolute atomic E-state index is 6.10. The number of methoxy groups -OCH3 is 1. The molecule has 0 fully saturated rings. The van der Waals surface area contributed by atoms with Crippen LogP contribution in [0.15, 0.2) is 36.5 Å². The molecule has 1 N–H and O–H groups in total. The van der Waals surface area contributed by atoms with Crippen LogP contribution in [0.25, 0.3) is 0 Å². The Kier molecular flexibility index (Phi) is 4.74. The molecule has 4 heteroatoms. The SMILES string of the molecule is CCCn1cccc1CNc1ccc(OC)c(Cl)c1. The van der Waals surface area contributed by atoms with Gasteiger partial charge in [-0.2, -0.15) is 0 Å². The number of aromatic nitrogens is 1. The van der Waals surface area contributed by atoms with E-state index in [0.29, 0.717) is 10.8 Å². The Morgan fingerprint density at radius 3 is 2.84 bits per heavy atom. The summed E-state index contributed by atoms with van der Waals surface area (Å²) in [5.41, 5.74) is 2.27. The summed E-state index contributed by atoms with van der Waals surface area (Å²) >= 11 is 6.10. The summed E-state index contributed by atoms with van der Waals surface area (Å²) in [4.78, 5) is 0. The van der Waals surface area contributed by atoms with Crippen LogP contribution in [-0.2, 0) is 13.1 Å². The molecule has 0 aliphatic carbocycles. The molecule has 2 aromatic rings. The van der Waals surface area contributed by atoms with E-state index in [2.05, 4.69) is 35.1 Å². The number of nitrogens with zero attached hydrogens (tertiary/aromatic N) is 1. The van der Waals surface area contributed by atoms with E-state index in [9.17, 15) is 0 Å². The molecule has 2 rings (SSSR count). The maximum Gasteiger partial charge on any atom is 0.137 e. The molecular formula is C15H19ClN2O. The molecule has 0 radical (unpaired) electrons. The van der Waals surface area contributed by atoms with Crippen molar-refractivity contribution >= 4 is 17.3 Å². The van der Waals surface area contributed by atoms with Crippen molar-refractivity contribution in [3.05, 3.63) is 47.2 Å². The van der Waals surface area contributed by atoms with Gasteiger partial charge in [0.05, 0.1) is 18.7 Å². The van der Waals surface area contributed by atoms with Gasteiger partial charge in [-0.1, -0.05) is 18.5 Å². The topological polar surface area (TPSA) is 26.2 Å². The average molecular weight is 279 g/mol. The van der Waals surface area contributed by atoms with E-state index in [1.165, 1.54) is 5.69 Å². The van der Waals surface area contributed by atoms with Crippen LogP contribution in [0.2, 0.25) is 5.02 Å². The Labute approximate surface area is 119 Å². The van der Waals surface area contributed by atoms with E-state index in [-0.39, 0.29) is 0 Å². The lowest BCUT2D eigenvalue weighted by molar-refractivity contribution is 0.415. The van der Waals surface area contributed by atoms with Crippen LogP contribution in [0.3, 0.4) is 0 Å². The quantitative estimate of drug-likeness (QED) is 0.858. The summed E-state index contributed by atoms with van der Waals surface area (Å²) in [6.45, 7) is 4.02. The fourth-order valence-corrected chi connectivity index (χ4v) is 2.30. The van der Waals surface area contributed by atoms with E-state index >= 15 is 0 Å². The molecule has 1 heterocycles. The van der Waals surface area contributed by atoms with Crippen LogP contribution in [0.4, 0.5) is 5.69 Å². The average Bonchev–Trinajstić information content (AvgIpc) is 2.84. The summed E-state index contributed by atoms with van der Waals surface area (Å²) in [6, 6.07) is 9.93. The number of rotatable bonds is 6. The first kappa shape index (κ1) is 13.8. The maximum atomic E-state index is 6.10. The zero-order valence-corrected chi connectivity index (χ0v) is 12.1. The minimum Gasteiger partial charge on any atom is -0.495 e. The second-order valence-electron chi connectivity index (χ2n) is 4.40. The number of benzene rings is 1. The molecule has 0 saturated carbocycles. The van der Waals surface area contributed by atoms with Gasteiger partial charge in [0.15, 0.2) is 0 Å². The highest BCUT2D eigenvalue weighted by molar-refractivity contribution is 6.32. The predicted molar refractivity (Wildman–Crippen MR) is 80.1 cm³/mol. The van der Waals surface area contributed by atoms with Gasteiger partial charge in [0.1, 0.15) is 5.75 Å². The fourth-order valence-electron chi connectivity index (χ4n) is 2.04. The number of aryl methyl sites for hydroxylation is 1. The van der Waals surface area contributed by atoms with Crippen molar-refractivity contribution in [3.8, 4) is 5.75 Å². The number of halogens is 1. The van der Waals surface area contributed by atoms with E-state index in [0.717, 1.165) is 25.2 Å². The van der Waals surface area contributed by atoms with Crippen molar-refractivity contribution in [1.82, 2.24) is 4.57 Å². The summed E-state index contributed by atoms with van der Waals surface area (Å²) in [6.07, 6.45) is 3.25. The van der Waals surface area contributed by atoms with Crippen LogP contribution < -0.4 is 10.1 Å². The molecule has 0 unspecified atom stereocenters. The molecule has 0 amide bonds. The minimum absolute atomic E-state index is 0.622. The first-order chi connectivity index (χ1) is 9.24. The summed E-state index contributed by atoms with van der Waals surface area (Å²) in [7, 11) is 1.62. The van der Waals surface area contributed by atoms with Crippen molar-refractivity contribution in [3.63, 3.8) is 0 Å². The molecule has 0 atom stereocenters. The van der Waals surface area contributed by atoms with Gasteiger partial charge in [-0.05, 0) is 36.8 Å². The third-order valence-corrected chi connectivity index (χ3v) is 3.31. The molecule has 0 aliphatic heterocycles. The summed E-state index contributed by atoms with van der Waals surface area (Å²) < 4.78 is 7.40. The lowest BCUT2D eigenvalue weighted by atomic mass is 10.3. The second-order valence-corrected chi connectivity index (χ2v) is 4.80. The smallest absolute Gasteiger partial charge is 0.137 e. The molecular weight excluding hydrogens is 260 g/mol. The Morgan fingerprint density at radius 1 is 1.32 bits per heavy atom. The van der Waals surface area contributed by atoms with Crippen LogP contribution in [-0.4, -0.2) is 11.7 Å². The van der Waals surface area contributed by atoms with Gasteiger partial charge in [-0.3, -0.25) is 0 Å². The van der Waals surface area contributed by atoms with Gasteiger partial charge in [0.2, 0.25) is 0 Å². The lowest BCUT2D eigenvalue weighted by Crippen LogP contribution is -2.06. The Balaban J connectivity index is 2.02. The van der Waals surface area contributed by atoms with Crippen molar-refractivity contribution in [2.45, 2.75) is 26.4 Å². The van der Waals surface area contributed by atoms with Crippen molar-refractivity contribution in [1.29, 1.82) is 0 Å². The number of hydrogen-bond donors (Lipinski definition) is 1. The second kappa shape index (κ2) is 6.53. The molecule has 0 spiro atoms. The molecule has 0 saturated heterocycles. The van der Waals surface area contributed by atoms with Crippen molar-refractivity contribution in [2.75, 3.05) is 12.4 Å². The van der Waals surface area contributed by atoms with Crippen LogP contribution in [0.1, 0.15) is 19.0 Å². The van der Waals surface area contributed by atoms with Crippen LogP contribution in [0, 0.1) is 0 Å². The molecule has 0 aliphatic rings. The standard InChI is InChI=1S/C15H19ClN2O/c1-3-8-18-9-4-5-13(18)11-17-12-6-7-15(19-2)14(16)10-12/h4-7,9-10,17H,3,8,11H2,1-2H3. The zero-order chi connectivity index (χ0) is 13.7. The van der Waals surface area contributed by atoms with E-state index < -0.39 is 0 Å². The highest BCUT2D eigenvalue weighted by Gasteiger charge is 2.03. The first-order valence-electron chi connectivity index (χ1n) is 6.46. The van der Waals surface area contributed by atoms with Gasteiger partial charge in [0.25, 0.3) is 0 Å². The third-order valence-electron chi connectivity index (χ3n) is 3.01. The van der Waals surface area contributed by atoms with Crippen LogP contribution in [0.5, 0.6) is 5.75 Å². The molecule has 0 bridgehead atoms. The predicted octanol–water partition coefficient (Wildman–Crippen LogP) is 4.17. The summed E-state index contributed by atoms with van der Waals surface area (Å²) in [5, 5.41) is 4.00. The molecule has 1 aromatic heterocycles. The van der Waals surface area contributed by atoms with E-state index in [1.807, 2.05) is 18.2 Å².